The first kappa shape index (κ1) is 17.8. The number of alkyl halides is 1. The molecule has 21 heavy (non-hydrogen) atoms. The van der Waals surface area contributed by atoms with Crippen LogP contribution in [0.25, 0.3) is 0 Å². The van der Waals surface area contributed by atoms with E-state index in [-0.39, 0.29) is 5.41 Å². The Bertz CT molecular complexity index is 476. The topological polar surface area (TPSA) is 42.2 Å². The number of nitriles is 1. The van der Waals surface area contributed by atoms with Gasteiger partial charge in [-0.1, -0.05) is 42.6 Å². The number of nitrogens with zero attached hydrogens (tertiary/aromatic N) is 1. The fraction of sp³-hybridized carbons (Fsp3) is 0.588. The van der Waals surface area contributed by atoms with Gasteiger partial charge in [-0.05, 0) is 25.0 Å². The van der Waals surface area contributed by atoms with Crippen LogP contribution in [0.15, 0.2) is 18.2 Å². The number of hydrogen-bond acceptors (Lipinski definition) is 3. The highest BCUT2D eigenvalue weighted by Crippen LogP contribution is 2.35. The van der Waals surface area contributed by atoms with Gasteiger partial charge in [-0.25, -0.2) is 0 Å². The predicted molar refractivity (Wildman–Crippen MR) is 89.2 cm³/mol. The summed E-state index contributed by atoms with van der Waals surface area (Å²) in [7, 11) is 1.60. The van der Waals surface area contributed by atoms with Gasteiger partial charge in [-0.2, -0.15) is 5.26 Å². The number of methoxy groups -OCH3 is 1. The normalized spacial score (nSPS) is 11.0. The van der Waals surface area contributed by atoms with E-state index in [1.807, 2.05) is 6.07 Å². The molecule has 0 heterocycles. The zero-order valence-electron chi connectivity index (χ0n) is 13.1. The molecule has 0 spiro atoms. The summed E-state index contributed by atoms with van der Waals surface area (Å²) in [6.07, 6.45) is 4.54. The van der Waals surface area contributed by atoms with Gasteiger partial charge >= 0.3 is 0 Å². The van der Waals surface area contributed by atoms with Gasteiger partial charge in [0.05, 0.1) is 25.3 Å². The third-order valence-corrected chi connectivity index (χ3v) is 4.86. The Kier molecular flexibility index (Phi) is 7.60. The van der Waals surface area contributed by atoms with Crippen molar-refractivity contribution in [3.8, 4) is 17.6 Å². The smallest absolute Gasteiger partial charge is 0.162 e. The molecule has 0 saturated carbocycles. The molecule has 0 fully saturated rings. The minimum atomic E-state index is 0.155. The lowest BCUT2D eigenvalue weighted by atomic mass is 9.82. The van der Waals surface area contributed by atoms with Gasteiger partial charge in [-0.15, -0.1) is 0 Å². The van der Waals surface area contributed by atoms with Crippen molar-refractivity contribution in [2.45, 2.75) is 39.5 Å². The van der Waals surface area contributed by atoms with Crippen molar-refractivity contribution in [3.63, 3.8) is 0 Å². The standard InChI is InChI=1S/C17H24BrNO2/c1-4-8-17(12-18,9-5-2)13-21-15-7-6-14(11-19)10-16(15)20-3/h6-7,10H,4-5,8-9,12-13H2,1-3H3. The third-order valence-electron chi connectivity index (χ3n) is 3.67. The van der Waals surface area contributed by atoms with E-state index in [9.17, 15) is 0 Å². The Hall–Kier alpha value is -1.21. The molecular formula is C17H24BrNO2. The zero-order valence-corrected chi connectivity index (χ0v) is 14.7. The van der Waals surface area contributed by atoms with Crippen LogP contribution in [0.1, 0.15) is 45.1 Å². The molecule has 0 aliphatic rings. The summed E-state index contributed by atoms with van der Waals surface area (Å²) in [6, 6.07) is 7.39. The Balaban J connectivity index is 2.87. The quantitative estimate of drug-likeness (QED) is 0.591. The first-order valence-corrected chi connectivity index (χ1v) is 8.53. The average Bonchev–Trinajstić information content (AvgIpc) is 2.52. The van der Waals surface area contributed by atoms with E-state index in [1.54, 1.807) is 19.2 Å². The summed E-state index contributed by atoms with van der Waals surface area (Å²) >= 11 is 3.65. The molecule has 0 aromatic heterocycles. The fourth-order valence-electron chi connectivity index (χ4n) is 2.59. The number of ether oxygens (including phenoxy) is 2. The van der Waals surface area contributed by atoms with Crippen LogP contribution in [0.3, 0.4) is 0 Å². The molecule has 0 unspecified atom stereocenters. The average molecular weight is 354 g/mol. The van der Waals surface area contributed by atoms with Gasteiger partial charge in [0, 0.05) is 16.8 Å². The first-order valence-electron chi connectivity index (χ1n) is 7.41. The summed E-state index contributed by atoms with van der Waals surface area (Å²) in [5.74, 6) is 1.32. The van der Waals surface area contributed by atoms with Crippen LogP contribution in [-0.4, -0.2) is 19.0 Å². The van der Waals surface area contributed by atoms with Crippen LogP contribution in [0.4, 0.5) is 0 Å². The van der Waals surface area contributed by atoms with E-state index in [1.165, 1.54) is 0 Å². The molecule has 4 heteroatoms. The first-order chi connectivity index (χ1) is 10.1. The van der Waals surface area contributed by atoms with Crippen molar-refractivity contribution >= 4 is 15.9 Å². The van der Waals surface area contributed by atoms with E-state index < -0.39 is 0 Å². The second-order valence-electron chi connectivity index (χ2n) is 5.40. The van der Waals surface area contributed by atoms with Crippen LogP contribution < -0.4 is 9.47 Å². The summed E-state index contributed by atoms with van der Waals surface area (Å²) < 4.78 is 11.3. The van der Waals surface area contributed by atoms with Crippen LogP contribution >= 0.6 is 15.9 Å². The molecule has 0 saturated heterocycles. The molecular weight excluding hydrogens is 330 g/mol. The molecule has 116 valence electrons. The SMILES string of the molecule is CCCC(CBr)(CCC)COc1ccc(C#N)cc1OC. The van der Waals surface area contributed by atoms with Crippen molar-refractivity contribution in [1.82, 2.24) is 0 Å². The van der Waals surface area contributed by atoms with E-state index >= 15 is 0 Å². The van der Waals surface area contributed by atoms with Crippen LogP contribution in [0.2, 0.25) is 0 Å². The van der Waals surface area contributed by atoms with Crippen LogP contribution in [0, 0.1) is 16.7 Å². The maximum Gasteiger partial charge on any atom is 0.162 e. The van der Waals surface area contributed by atoms with Crippen LogP contribution in [0.5, 0.6) is 11.5 Å². The van der Waals surface area contributed by atoms with Gasteiger partial charge in [0.15, 0.2) is 11.5 Å². The van der Waals surface area contributed by atoms with Crippen molar-refractivity contribution in [2.75, 3.05) is 19.0 Å². The lowest BCUT2D eigenvalue weighted by Gasteiger charge is -2.31. The number of benzene rings is 1. The Labute approximate surface area is 136 Å². The maximum absolute atomic E-state index is 8.93. The number of halogens is 1. The highest BCUT2D eigenvalue weighted by atomic mass is 79.9. The van der Waals surface area contributed by atoms with E-state index in [4.69, 9.17) is 14.7 Å². The second kappa shape index (κ2) is 8.94. The van der Waals surface area contributed by atoms with Gasteiger partial charge in [-0.3, -0.25) is 0 Å². The second-order valence-corrected chi connectivity index (χ2v) is 5.96. The zero-order chi connectivity index (χ0) is 15.7. The van der Waals surface area contributed by atoms with E-state index in [0.717, 1.165) is 31.0 Å². The number of hydrogen-bond donors (Lipinski definition) is 0. The lowest BCUT2D eigenvalue weighted by molar-refractivity contribution is 0.141. The summed E-state index contributed by atoms with van der Waals surface area (Å²) in [4.78, 5) is 0. The lowest BCUT2D eigenvalue weighted by Crippen LogP contribution is -2.30. The summed E-state index contributed by atoms with van der Waals surface area (Å²) in [5.41, 5.74) is 0.732. The third kappa shape index (κ3) is 4.93. The minimum absolute atomic E-state index is 0.155. The van der Waals surface area contributed by atoms with Gasteiger partial charge < -0.3 is 9.47 Å². The molecule has 1 rings (SSSR count). The molecule has 0 amide bonds. The van der Waals surface area contributed by atoms with Crippen LogP contribution in [-0.2, 0) is 0 Å². The molecule has 0 radical (unpaired) electrons. The highest BCUT2D eigenvalue weighted by Gasteiger charge is 2.28. The molecule has 0 aliphatic heterocycles. The Morgan fingerprint density at radius 2 is 1.86 bits per heavy atom. The van der Waals surface area contributed by atoms with E-state index in [0.29, 0.717) is 23.7 Å². The van der Waals surface area contributed by atoms with Gasteiger partial charge in [0.25, 0.3) is 0 Å². The Morgan fingerprint density at radius 3 is 2.33 bits per heavy atom. The van der Waals surface area contributed by atoms with E-state index in [2.05, 4.69) is 35.8 Å². The van der Waals surface area contributed by atoms with Gasteiger partial charge in [0.2, 0.25) is 0 Å². The monoisotopic (exact) mass is 353 g/mol. The molecule has 1 aromatic rings. The summed E-state index contributed by atoms with van der Waals surface area (Å²) in [6.45, 7) is 5.06. The van der Waals surface area contributed by atoms with Crippen molar-refractivity contribution in [3.05, 3.63) is 23.8 Å². The van der Waals surface area contributed by atoms with Crippen molar-refractivity contribution < 1.29 is 9.47 Å². The van der Waals surface area contributed by atoms with Crippen molar-refractivity contribution in [1.29, 1.82) is 5.26 Å². The Morgan fingerprint density at radius 1 is 1.19 bits per heavy atom. The van der Waals surface area contributed by atoms with Crippen molar-refractivity contribution in [2.24, 2.45) is 5.41 Å². The molecule has 0 atom stereocenters. The minimum Gasteiger partial charge on any atom is -0.493 e. The van der Waals surface area contributed by atoms with Gasteiger partial charge in [0.1, 0.15) is 0 Å². The number of rotatable bonds is 9. The fourth-order valence-corrected chi connectivity index (χ4v) is 3.31. The predicted octanol–water partition coefficient (Wildman–Crippen LogP) is 4.93. The maximum atomic E-state index is 8.93. The molecule has 0 bridgehead atoms. The molecule has 0 N–H and O–H groups in total. The molecule has 1 aromatic carbocycles. The largest absolute Gasteiger partial charge is 0.493 e. The summed E-state index contributed by atoms with van der Waals surface area (Å²) in [5, 5.41) is 9.86. The molecule has 3 nitrogen and oxygen atoms in total. The highest BCUT2D eigenvalue weighted by molar-refractivity contribution is 9.09. The molecule has 0 aliphatic carbocycles.